The molecule has 1 aliphatic rings. The lowest BCUT2D eigenvalue weighted by atomic mass is 10.0. The van der Waals surface area contributed by atoms with Crippen LogP contribution in [-0.4, -0.2) is 23.8 Å². The Bertz CT molecular complexity index is 1260. The van der Waals surface area contributed by atoms with Crippen molar-refractivity contribution in [3.8, 4) is 11.8 Å². The fourth-order valence-corrected chi connectivity index (χ4v) is 4.39. The molecule has 0 bridgehead atoms. The summed E-state index contributed by atoms with van der Waals surface area (Å²) < 4.78 is 46.4. The topological polar surface area (TPSA) is 58.3 Å². The minimum absolute atomic E-state index is 0.101. The summed E-state index contributed by atoms with van der Waals surface area (Å²) in [5.41, 5.74) is 0.376. The number of nitriles is 1. The van der Waals surface area contributed by atoms with Crippen molar-refractivity contribution in [3.05, 3.63) is 68.4 Å². The minimum atomic E-state index is -4.38. The lowest BCUT2D eigenvalue weighted by Gasteiger charge is -2.35. The van der Waals surface area contributed by atoms with E-state index in [-0.39, 0.29) is 17.2 Å². The highest BCUT2D eigenvalue weighted by Crippen LogP contribution is 2.34. The van der Waals surface area contributed by atoms with Crippen LogP contribution in [0.5, 0.6) is 5.75 Å². The number of ether oxygens (including phenoxy) is 1. The van der Waals surface area contributed by atoms with E-state index in [1.807, 2.05) is 23.1 Å². The quantitative estimate of drug-likeness (QED) is 0.488. The van der Waals surface area contributed by atoms with Gasteiger partial charge in [0.1, 0.15) is 23.5 Å². The second-order valence-corrected chi connectivity index (χ2v) is 8.60. The number of anilines is 1. The van der Waals surface area contributed by atoms with Crippen LogP contribution in [-0.2, 0) is 13.2 Å². The molecule has 1 saturated heterocycles. The minimum Gasteiger partial charge on any atom is -0.490 e. The van der Waals surface area contributed by atoms with Crippen molar-refractivity contribution < 1.29 is 17.9 Å². The molecule has 0 unspecified atom stereocenters. The predicted octanol–water partition coefficient (Wildman–Crippen LogP) is 5.24. The van der Waals surface area contributed by atoms with Crippen molar-refractivity contribution >= 4 is 32.5 Å². The van der Waals surface area contributed by atoms with Gasteiger partial charge in [-0.1, -0.05) is 15.9 Å². The van der Waals surface area contributed by atoms with Crippen LogP contribution in [0.15, 0.2) is 51.7 Å². The van der Waals surface area contributed by atoms with Gasteiger partial charge in [-0.3, -0.25) is 4.79 Å². The molecule has 1 fully saturated rings. The fraction of sp³-hybridized carbons (Fsp3) is 0.304. The van der Waals surface area contributed by atoms with E-state index >= 15 is 0 Å². The molecule has 0 saturated carbocycles. The molecule has 0 atom stereocenters. The Kier molecular flexibility index (Phi) is 5.91. The van der Waals surface area contributed by atoms with E-state index in [0.29, 0.717) is 37.4 Å². The molecule has 4 rings (SSSR count). The first-order valence-corrected chi connectivity index (χ1v) is 10.8. The third-order valence-corrected chi connectivity index (χ3v) is 6.18. The van der Waals surface area contributed by atoms with Gasteiger partial charge in [0.2, 0.25) is 0 Å². The van der Waals surface area contributed by atoms with Gasteiger partial charge >= 0.3 is 6.18 Å². The molecule has 5 nitrogen and oxygen atoms in total. The van der Waals surface area contributed by atoms with Gasteiger partial charge in [-0.15, -0.1) is 0 Å². The largest absolute Gasteiger partial charge is 0.490 e. The summed E-state index contributed by atoms with van der Waals surface area (Å²) in [4.78, 5) is 14.8. The maximum absolute atomic E-state index is 12.8. The van der Waals surface area contributed by atoms with Crippen molar-refractivity contribution in [1.82, 2.24) is 4.57 Å². The first-order chi connectivity index (χ1) is 15.2. The molecule has 1 aliphatic heterocycles. The van der Waals surface area contributed by atoms with Gasteiger partial charge < -0.3 is 14.2 Å². The Morgan fingerprint density at radius 1 is 1.12 bits per heavy atom. The van der Waals surface area contributed by atoms with Crippen molar-refractivity contribution in [3.63, 3.8) is 0 Å². The zero-order valence-corrected chi connectivity index (χ0v) is 18.7. The number of benzene rings is 2. The van der Waals surface area contributed by atoms with Crippen molar-refractivity contribution in [2.24, 2.45) is 7.05 Å². The smallest absolute Gasteiger partial charge is 0.416 e. The van der Waals surface area contributed by atoms with Crippen LogP contribution >= 0.6 is 15.9 Å². The van der Waals surface area contributed by atoms with E-state index in [1.54, 1.807) is 7.05 Å². The van der Waals surface area contributed by atoms with E-state index in [4.69, 9.17) is 4.74 Å². The summed E-state index contributed by atoms with van der Waals surface area (Å²) in [6.07, 6.45) is -3.33. The molecule has 1 aromatic heterocycles. The fourth-order valence-electron chi connectivity index (χ4n) is 4.04. The summed E-state index contributed by atoms with van der Waals surface area (Å²) in [6, 6.07) is 12.4. The van der Waals surface area contributed by atoms with E-state index in [1.165, 1.54) is 16.7 Å². The van der Waals surface area contributed by atoms with Gasteiger partial charge in [-0.05, 0) is 42.5 Å². The lowest BCUT2D eigenvalue weighted by Crippen LogP contribution is -2.40. The number of fused-ring (bicyclic) bond motifs is 1. The molecule has 2 aromatic carbocycles. The van der Waals surface area contributed by atoms with E-state index in [0.717, 1.165) is 27.5 Å². The summed E-state index contributed by atoms with van der Waals surface area (Å²) in [5.74, 6) is 0.387. The lowest BCUT2D eigenvalue weighted by molar-refractivity contribution is -0.137. The average molecular weight is 506 g/mol. The second kappa shape index (κ2) is 8.51. The number of rotatable bonds is 3. The van der Waals surface area contributed by atoms with Crippen LogP contribution in [0.25, 0.3) is 10.9 Å². The first kappa shape index (κ1) is 22.2. The number of piperidine rings is 1. The third-order valence-electron chi connectivity index (χ3n) is 5.69. The van der Waals surface area contributed by atoms with Crippen molar-refractivity contribution in [2.45, 2.75) is 25.1 Å². The summed E-state index contributed by atoms with van der Waals surface area (Å²) >= 11 is 3.43. The zero-order valence-electron chi connectivity index (χ0n) is 17.1. The molecule has 0 amide bonds. The highest BCUT2D eigenvalue weighted by molar-refractivity contribution is 9.10. The average Bonchev–Trinajstić information content (AvgIpc) is 2.77. The Balaban J connectivity index is 1.55. The number of aryl methyl sites for hydroxylation is 1. The van der Waals surface area contributed by atoms with Gasteiger partial charge in [0.05, 0.1) is 16.8 Å². The van der Waals surface area contributed by atoms with Gasteiger partial charge in [-0.2, -0.15) is 18.4 Å². The molecule has 0 spiro atoms. The van der Waals surface area contributed by atoms with Crippen molar-refractivity contribution in [2.75, 3.05) is 18.0 Å². The predicted molar refractivity (Wildman–Crippen MR) is 119 cm³/mol. The molecule has 2 heterocycles. The molecule has 0 N–H and O–H groups in total. The maximum atomic E-state index is 12.8. The number of halogens is 4. The van der Waals surface area contributed by atoms with Gasteiger partial charge in [0.25, 0.3) is 5.56 Å². The van der Waals surface area contributed by atoms with Crippen LogP contribution in [0.2, 0.25) is 0 Å². The molecule has 0 radical (unpaired) electrons. The SMILES string of the molecule is Cn1c(=O)c(C#N)c(N2CCC(Oc3ccc(C(F)(F)F)cc3)CC2)c2ccc(Br)cc21. The summed E-state index contributed by atoms with van der Waals surface area (Å²) in [6.45, 7) is 1.11. The molecule has 3 aromatic rings. The number of pyridine rings is 1. The normalized spacial score (nSPS) is 15.1. The van der Waals surface area contributed by atoms with E-state index in [2.05, 4.69) is 22.0 Å². The molecule has 9 heteroatoms. The molecule has 0 aliphatic carbocycles. The van der Waals surface area contributed by atoms with Gasteiger partial charge in [0.15, 0.2) is 0 Å². The number of hydrogen-bond donors (Lipinski definition) is 0. The number of aromatic nitrogens is 1. The summed E-state index contributed by atoms with van der Waals surface area (Å²) in [7, 11) is 1.64. The Hall–Kier alpha value is -2.99. The molecular formula is C23H19BrF3N3O2. The van der Waals surface area contributed by atoms with Crippen LogP contribution in [0.1, 0.15) is 24.0 Å². The van der Waals surface area contributed by atoms with Gasteiger partial charge in [0, 0.05) is 42.8 Å². The third kappa shape index (κ3) is 4.19. The Morgan fingerprint density at radius 3 is 2.38 bits per heavy atom. The number of hydrogen-bond acceptors (Lipinski definition) is 4. The van der Waals surface area contributed by atoms with Crippen molar-refractivity contribution in [1.29, 1.82) is 5.26 Å². The molecule has 166 valence electrons. The maximum Gasteiger partial charge on any atom is 0.416 e. The van der Waals surface area contributed by atoms with E-state index in [9.17, 15) is 23.2 Å². The zero-order chi connectivity index (χ0) is 23.0. The van der Waals surface area contributed by atoms with E-state index < -0.39 is 11.7 Å². The number of nitrogens with zero attached hydrogens (tertiary/aromatic N) is 3. The molecular weight excluding hydrogens is 487 g/mol. The molecule has 32 heavy (non-hydrogen) atoms. The van der Waals surface area contributed by atoms with Crippen LogP contribution in [0.4, 0.5) is 18.9 Å². The van der Waals surface area contributed by atoms with Crippen LogP contribution in [0, 0.1) is 11.3 Å². The first-order valence-electron chi connectivity index (χ1n) is 10.00. The monoisotopic (exact) mass is 505 g/mol. The highest BCUT2D eigenvalue weighted by Gasteiger charge is 2.30. The Morgan fingerprint density at radius 2 is 1.78 bits per heavy atom. The number of alkyl halides is 3. The van der Waals surface area contributed by atoms with Gasteiger partial charge in [-0.25, -0.2) is 0 Å². The summed E-state index contributed by atoms with van der Waals surface area (Å²) in [5, 5.41) is 10.5. The standard InChI is InChI=1S/C23H19BrF3N3O2/c1-29-20-12-15(24)4-7-18(20)21(19(13-28)22(29)31)30-10-8-17(9-11-30)32-16-5-2-14(3-6-16)23(25,26)27/h2-7,12,17H,8-11H2,1H3. The highest BCUT2D eigenvalue weighted by atomic mass is 79.9. The van der Waals surface area contributed by atoms with Crippen LogP contribution in [0.3, 0.4) is 0 Å². The van der Waals surface area contributed by atoms with Crippen LogP contribution < -0.4 is 15.2 Å². The Labute approximate surface area is 190 Å². The second-order valence-electron chi connectivity index (χ2n) is 7.69.